The van der Waals surface area contributed by atoms with E-state index in [-0.39, 0.29) is 11.7 Å². The van der Waals surface area contributed by atoms with Crippen molar-refractivity contribution in [2.45, 2.75) is 19.8 Å². The minimum absolute atomic E-state index is 0.158. The first-order valence-electron chi connectivity index (χ1n) is 5.39. The van der Waals surface area contributed by atoms with Gasteiger partial charge in [-0.2, -0.15) is 0 Å². The lowest BCUT2D eigenvalue weighted by Gasteiger charge is -2.07. The van der Waals surface area contributed by atoms with E-state index in [9.17, 15) is 9.18 Å². The van der Waals surface area contributed by atoms with Gasteiger partial charge in [0.05, 0.1) is 0 Å². The highest BCUT2D eigenvalue weighted by Crippen LogP contribution is 2.09. The van der Waals surface area contributed by atoms with Crippen LogP contribution < -0.4 is 11.1 Å². The minimum atomic E-state index is -0.322. The van der Waals surface area contributed by atoms with E-state index in [1.54, 1.807) is 6.92 Å². The Bertz CT molecular complexity index is 366. The summed E-state index contributed by atoms with van der Waals surface area (Å²) in [5.74, 6) is -0.480. The molecule has 3 N–H and O–H groups in total. The van der Waals surface area contributed by atoms with Gasteiger partial charge in [-0.05, 0) is 50.1 Å². The van der Waals surface area contributed by atoms with Crippen molar-refractivity contribution in [1.29, 1.82) is 0 Å². The van der Waals surface area contributed by atoms with Gasteiger partial charge in [-0.15, -0.1) is 0 Å². The first kappa shape index (κ1) is 12.6. The number of unbranched alkanes of at least 4 members (excludes halogenated alkanes) is 1. The summed E-state index contributed by atoms with van der Waals surface area (Å²) in [4.78, 5) is 11.7. The third-order valence-corrected chi connectivity index (χ3v) is 2.35. The van der Waals surface area contributed by atoms with E-state index in [0.29, 0.717) is 24.2 Å². The summed E-state index contributed by atoms with van der Waals surface area (Å²) in [6.45, 7) is 2.95. The van der Waals surface area contributed by atoms with Crippen molar-refractivity contribution in [1.82, 2.24) is 5.32 Å². The molecule has 1 aromatic carbocycles. The Hall–Kier alpha value is -1.42. The van der Waals surface area contributed by atoms with Crippen LogP contribution in [0.1, 0.15) is 28.8 Å². The average Bonchev–Trinajstić information content (AvgIpc) is 2.24. The van der Waals surface area contributed by atoms with Crippen LogP contribution in [0, 0.1) is 12.7 Å². The first-order valence-corrected chi connectivity index (χ1v) is 5.39. The maximum absolute atomic E-state index is 12.8. The number of carbonyl (C=O) groups excluding carboxylic acids is 1. The van der Waals surface area contributed by atoms with E-state index in [4.69, 9.17) is 5.73 Å². The summed E-state index contributed by atoms with van der Waals surface area (Å²) < 4.78 is 12.8. The van der Waals surface area contributed by atoms with Crippen LogP contribution in [0.2, 0.25) is 0 Å². The zero-order valence-corrected chi connectivity index (χ0v) is 9.42. The summed E-state index contributed by atoms with van der Waals surface area (Å²) in [7, 11) is 0. The highest BCUT2D eigenvalue weighted by Gasteiger charge is 2.08. The highest BCUT2D eigenvalue weighted by molar-refractivity contribution is 5.95. The molecule has 16 heavy (non-hydrogen) atoms. The Labute approximate surface area is 94.8 Å². The molecule has 0 heterocycles. The number of benzene rings is 1. The van der Waals surface area contributed by atoms with E-state index in [1.807, 2.05) is 0 Å². The molecular formula is C12H17FN2O. The third-order valence-electron chi connectivity index (χ3n) is 2.35. The standard InChI is InChI=1S/C12H17FN2O/c1-9-8-10(13)4-5-11(9)12(16)15-7-3-2-6-14/h4-5,8H,2-3,6-7,14H2,1H3,(H,15,16). The van der Waals surface area contributed by atoms with Gasteiger partial charge < -0.3 is 11.1 Å². The molecule has 0 saturated carbocycles. The molecular weight excluding hydrogens is 207 g/mol. The number of hydrogen-bond donors (Lipinski definition) is 2. The highest BCUT2D eigenvalue weighted by atomic mass is 19.1. The summed E-state index contributed by atoms with van der Waals surface area (Å²) in [5.41, 5.74) is 6.51. The van der Waals surface area contributed by atoms with Gasteiger partial charge >= 0.3 is 0 Å². The number of hydrogen-bond acceptors (Lipinski definition) is 2. The molecule has 0 unspecified atom stereocenters. The van der Waals surface area contributed by atoms with Gasteiger partial charge in [0.2, 0.25) is 0 Å². The molecule has 0 bridgehead atoms. The lowest BCUT2D eigenvalue weighted by molar-refractivity contribution is 0.0952. The van der Waals surface area contributed by atoms with Crippen molar-refractivity contribution in [3.63, 3.8) is 0 Å². The average molecular weight is 224 g/mol. The molecule has 1 aromatic rings. The summed E-state index contributed by atoms with van der Waals surface area (Å²) in [5, 5.41) is 2.78. The summed E-state index contributed by atoms with van der Waals surface area (Å²) in [6, 6.07) is 4.15. The largest absolute Gasteiger partial charge is 0.352 e. The van der Waals surface area contributed by atoms with Crippen molar-refractivity contribution in [3.8, 4) is 0 Å². The first-order chi connectivity index (χ1) is 7.65. The van der Waals surface area contributed by atoms with E-state index in [1.165, 1.54) is 18.2 Å². The molecule has 0 fully saturated rings. The lowest BCUT2D eigenvalue weighted by Crippen LogP contribution is -2.25. The van der Waals surface area contributed by atoms with Crippen molar-refractivity contribution in [2.75, 3.05) is 13.1 Å². The van der Waals surface area contributed by atoms with Gasteiger partial charge in [-0.3, -0.25) is 4.79 Å². The second-order valence-corrected chi connectivity index (χ2v) is 3.71. The summed E-state index contributed by atoms with van der Waals surface area (Å²) in [6.07, 6.45) is 1.76. The fourth-order valence-electron chi connectivity index (χ4n) is 1.45. The molecule has 0 aromatic heterocycles. The van der Waals surface area contributed by atoms with E-state index in [2.05, 4.69) is 5.32 Å². The van der Waals surface area contributed by atoms with Crippen LogP contribution in [0.5, 0.6) is 0 Å². The molecule has 1 amide bonds. The van der Waals surface area contributed by atoms with Crippen LogP contribution in [-0.4, -0.2) is 19.0 Å². The molecule has 0 spiro atoms. The van der Waals surface area contributed by atoms with Gasteiger partial charge in [-0.25, -0.2) is 4.39 Å². The smallest absolute Gasteiger partial charge is 0.251 e. The second kappa shape index (κ2) is 6.23. The van der Waals surface area contributed by atoms with Gasteiger partial charge in [0.15, 0.2) is 0 Å². The molecule has 3 nitrogen and oxygen atoms in total. The quantitative estimate of drug-likeness (QED) is 0.746. The number of carbonyl (C=O) groups is 1. The second-order valence-electron chi connectivity index (χ2n) is 3.71. The van der Waals surface area contributed by atoms with Crippen LogP contribution in [0.3, 0.4) is 0 Å². The Morgan fingerprint density at radius 1 is 1.44 bits per heavy atom. The Kier molecular flexibility index (Phi) is 4.92. The summed E-state index contributed by atoms with van der Waals surface area (Å²) >= 11 is 0. The molecule has 0 atom stereocenters. The zero-order chi connectivity index (χ0) is 12.0. The molecule has 0 aliphatic rings. The van der Waals surface area contributed by atoms with Crippen molar-refractivity contribution in [3.05, 3.63) is 35.1 Å². The third kappa shape index (κ3) is 3.62. The van der Waals surface area contributed by atoms with Gasteiger partial charge in [0, 0.05) is 12.1 Å². The maximum atomic E-state index is 12.8. The monoisotopic (exact) mass is 224 g/mol. The minimum Gasteiger partial charge on any atom is -0.352 e. The molecule has 1 rings (SSSR count). The number of nitrogens with one attached hydrogen (secondary N) is 1. The predicted molar refractivity (Wildman–Crippen MR) is 61.8 cm³/mol. The van der Waals surface area contributed by atoms with Crippen LogP contribution in [0.4, 0.5) is 4.39 Å². The van der Waals surface area contributed by atoms with Crippen LogP contribution in [-0.2, 0) is 0 Å². The molecule has 4 heteroatoms. The van der Waals surface area contributed by atoms with Crippen molar-refractivity contribution in [2.24, 2.45) is 5.73 Å². The maximum Gasteiger partial charge on any atom is 0.251 e. The van der Waals surface area contributed by atoms with E-state index >= 15 is 0 Å². The van der Waals surface area contributed by atoms with Crippen LogP contribution in [0.25, 0.3) is 0 Å². The van der Waals surface area contributed by atoms with E-state index < -0.39 is 0 Å². The fraction of sp³-hybridized carbons (Fsp3) is 0.417. The predicted octanol–water partition coefficient (Wildman–Crippen LogP) is 1.60. The number of aryl methyl sites for hydroxylation is 1. The Morgan fingerprint density at radius 2 is 2.19 bits per heavy atom. The number of halogens is 1. The molecule has 0 radical (unpaired) electrons. The van der Waals surface area contributed by atoms with Gasteiger partial charge in [0.25, 0.3) is 5.91 Å². The zero-order valence-electron chi connectivity index (χ0n) is 9.42. The van der Waals surface area contributed by atoms with Crippen molar-refractivity contribution < 1.29 is 9.18 Å². The molecule has 88 valence electrons. The number of rotatable bonds is 5. The van der Waals surface area contributed by atoms with Gasteiger partial charge in [-0.1, -0.05) is 0 Å². The number of nitrogens with two attached hydrogens (primary N) is 1. The van der Waals surface area contributed by atoms with Crippen LogP contribution >= 0.6 is 0 Å². The molecule has 0 aliphatic carbocycles. The van der Waals surface area contributed by atoms with Gasteiger partial charge in [0.1, 0.15) is 5.82 Å². The Morgan fingerprint density at radius 3 is 2.81 bits per heavy atom. The topological polar surface area (TPSA) is 55.1 Å². The fourth-order valence-corrected chi connectivity index (χ4v) is 1.45. The Balaban J connectivity index is 2.53. The van der Waals surface area contributed by atoms with Crippen molar-refractivity contribution >= 4 is 5.91 Å². The molecule has 0 aliphatic heterocycles. The van der Waals surface area contributed by atoms with E-state index in [0.717, 1.165) is 12.8 Å². The van der Waals surface area contributed by atoms with Crippen LogP contribution in [0.15, 0.2) is 18.2 Å². The number of amides is 1. The SMILES string of the molecule is Cc1cc(F)ccc1C(=O)NCCCCN. The normalized spacial score (nSPS) is 10.2. The molecule has 0 saturated heterocycles. The lowest BCUT2D eigenvalue weighted by atomic mass is 10.1.